The van der Waals surface area contributed by atoms with E-state index in [2.05, 4.69) is 15.5 Å². The van der Waals surface area contributed by atoms with Crippen LogP contribution in [0.15, 0.2) is 4.52 Å². The molecule has 2 rings (SSSR count). The number of aromatic nitrogens is 2. The van der Waals surface area contributed by atoms with Crippen molar-refractivity contribution in [2.24, 2.45) is 5.73 Å². The normalized spacial score (nSPS) is 28.1. The first kappa shape index (κ1) is 13.0. The number of amides is 1. The van der Waals surface area contributed by atoms with E-state index in [4.69, 9.17) is 10.3 Å². The van der Waals surface area contributed by atoms with Crippen LogP contribution in [-0.4, -0.2) is 28.6 Å². The summed E-state index contributed by atoms with van der Waals surface area (Å²) in [6, 6.07) is 0.00814. The predicted octanol–water partition coefficient (Wildman–Crippen LogP) is 0.978. The Balaban J connectivity index is 2.20. The van der Waals surface area contributed by atoms with E-state index in [9.17, 15) is 4.79 Å². The number of hydrogen-bond donors (Lipinski definition) is 2. The maximum atomic E-state index is 11.6. The molecule has 1 amide bonds. The molecule has 0 spiro atoms. The average Bonchev–Trinajstić information content (AvgIpc) is 2.83. The van der Waals surface area contributed by atoms with Crippen molar-refractivity contribution >= 4 is 5.91 Å². The van der Waals surface area contributed by atoms with Crippen LogP contribution in [0.4, 0.5) is 0 Å². The summed E-state index contributed by atoms with van der Waals surface area (Å²) in [5.41, 5.74) is 5.85. The summed E-state index contributed by atoms with van der Waals surface area (Å²) in [4.78, 5) is 15.8. The smallest absolute Gasteiger partial charge is 0.292 e. The third kappa shape index (κ3) is 2.25. The van der Waals surface area contributed by atoms with E-state index >= 15 is 0 Å². The van der Waals surface area contributed by atoms with Crippen LogP contribution < -0.4 is 11.1 Å². The molecule has 3 N–H and O–H groups in total. The maximum Gasteiger partial charge on any atom is 0.292 e. The van der Waals surface area contributed by atoms with Crippen molar-refractivity contribution in [1.29, 1.82) is 0 Å². The molecule has 0 radical (unpaired) electrons. The first-order chi connectivity index (χ1) is 8.58. The van der Waals surface area contributed by atoms with Gasteiger partial charge in [0, 0.05) is 12.6 Å². The summed E-state index contributed by atoms with van der Waals surface area (Å²) in [5, 5.41) is 6.38. The third-order valence-corrected chi connectivity index (χ3v) is 3.73. The lowest BCUT2D eigenvalue weighted by molar-refractivity contribution is 0.0942. The molecule has 6 heteroatoms. The Morgan fingerprint density at radius 2 is 2.39 bits per heavy atom. The monoisotopic (exact) mass is 252 g/mol. The average molecular weight is 252 g/mol. The number of carbonyl (C=O) groups excluding carboxylic acids is 1. The van der Waals surface area contributed by atoms with Gasteiger partial charge in [-0.3, -0.25) is 4.79 Å². The molecule has 1 aromatic heterocycles. The number of carbonyl (C=O) groups is 1. The summed E-state index contributed by atoms with van der Waals surface area (Å²) in [5.74, 6) is 0.266. The van der Waals surface area contributed by atoms with Gasteiger partial charge in [0.05, 0.1) is 5.41 Å². The van der Waals surface area contributed by atoms with Gasteiger partial charge in [-0.2, -0.15) is 4.98 Å². The zero-order chi connectivity index (χ0) is 13.2. The van der Waals surface area contributed by atoms with E-state index in [0.717, 1.165) is 25.7 Å². The first-order valence-electron chi connectivity index (χ1n) is 6.46. The van der Waals surface area contributed by atoms with Gasteiger partial charge in [0.25, 0.3) is 11.7 Å². The Kier molecular flexibility index (Phi) is 3.65. The molecule has 1 aromatic rings. The van der Waals surface area contributed by atoms with E-state index in [1.807, 2.05) is 13.8 Å². The largest absolute Gasteiger partial charge is 0.349 e. The van der Waals surface area contributed by atoms with E-state index in [-0.39, 0.29) is 23.2 Å². The van der Waals surface area contributed by atoms with Crippen molar-refractivity contribution < 1.29 is 9.32 Å². The minimum atomic E-state index is -0.310. The Morgan fingerprint density at radius 1 is 1.61 bits per heavy atom. The standard InChI is InChI=1S/C12H20N4O2/c1-3-14-10(17)9-15-11(18-16-9)12(2)7-5-4-6-8(12)13/h8H,3-7,13H2,1-2H3,(H,14,17). The lowest BCUT2D eigenvalue weighted by Crippen LogP contribution is -2.45. The molecule has 6 nitrogen and oxygen atoms in total. The molecule has 1 saturated carbocycles. The Morgan fingerprint density at radius 3 is 3.06 bits per heavy atom. The number of nitrogens with one attached hydrogen (secondary N) is 1. The number of hydrogen-bond acceptors (Lipinski definition) is 5. The van der Waals surface area contributed by atoms with Crippen molar-refractivity contribution in [3.8, 4) is 0 Å². The molecule has 2 atom stereocenters. The molecule has 0 aliphatic heterocycles. The molecule has 1 heterocycles. The maximum absolute atomic E-state index is 11.6. The highest BCUT2D eigenvalue weighted by Crippen LogP contribution is 2.37. The summed E-state index contributed by atoms with van der Waals surface area (Å²) in [7, 11) is 0. The molecular formula is C12H20N4O2. The predicted molar refractivity (Wildman–Crippen MR) is 66.1 cm³/mol. The molecule has 1 aliphatic carbocycles. The van der Waals surface area contributed by atoms with Crippen molar-refractivity contribution in [2.45, 2.75) is 51.0 Å². The fourth-order valence-corrected chi connectivity index (χ4v) is 2.41. The van der Waals surface area contributed by atoms with E-state index in [1.165, 1.54) is 0 Å². The fourth-order valence-electron chi connectivity index (χ4n) is 2.41. The highest BCUT2D eigenvalue weighted by Gasteiger charge is 2.41. The molecule has 2 unspecified atom stereocenters. The molecular weight excluding hydrogens is 232 g/mol. The quantitative estimate of drug-likeness (QED) is 0.836. The van der Waals surface area contributed by atoms with Gasteiger partial charge in [-0.05, 0) is 26.7 Å². The third-order valence-electron chi connectivity index (χ3n) is 3.73. The molecule has 100 valence electrons. The van der Waals surface area contributed by atoms with Crippen molar-refractivity contribution in [3.05, 3.63) is 11.7 Å². The van der Waals surface area contributed by atoms with Crippen molar-refractivity contribution in [1.82, 2.24) is 15.5 Å². The highest BCUT2D eigenvalue weighted by molar-refractivity contribution is 5.90. The topological polar surface area (TPSA) is 94.0 Å². The summed E-state index contributed by atoms with van der Waals surface area (Å²) < 4.78 is 5.24. The molecule has 1 aliphatic rings. The van der Waals surface area contributed by atoms with Crippen LogP contribution in [0.1, 0.15) is 56.0 Å². The van der Waals surface area contributed by atoms with Crippen molar-refractivity contribution in [3.63, 3.8) is 0 Å². The van der Waals surface area contributed by atoms with E-state index in [1.54, 1.807) is 0 Å². The zero-order valence-electron chi connectivity index (χ0n) is 10.9. The van der Waals surface area contributed by atoms with Gasteiger partial charge in [0.15, 0.2) is 0 Å². The van der Waals surface area contributed by atoms with Gasteiger partial charge in [0.2, 0.25) is 5.89 Å². The van der Waals surface area contributed by atoms with Crippen LogP contribution in [-0.2, 0) is 5.41 Å². The lowest BCUT2D eigenvalue weighted by atomic mass is 9.72. The SMILES string of the molecule is CCNC(=O)c1noc(C2(C)CCCCC2N)n1. The minimum absolute atomic E-state index is 0.00814. The van der Waals surface area contributed by atoms with Gasteiger partial charge in [-0.25, -0.2) is 0 Å². The molecule has 0 aromatic carbocycles. The van der Waals surface area contributed by atoms with Gasteiger partial charge in [-0.15, -0.1) is 0 Å². The second-order valence-electron chi connectivity index (χ2n) is 5.05. The molecule has 0 saturated heterocycles. The number of nitrogens with two attached hydrogens (primary N) is 1. The van der Waals surface area contributed by atoms with Gasteiger partial charge < -0.3 is 15.6 Å². The van der Waals surface area contributed by atoms with Gasteiger partial charge in [0.1, 0.15) is 0 Å². The van der Waals surface area contributed by atoms with E-state index in [0.29, 0.717) is 12.4 Å². The summed E-state index contributed by atoms with van der Waals surface area (Å²) in [6.07, 6.45) is 4.11. The molecule has 0 bridgehead atoms. The van der Waals surface area contributed by atoms with Crippen LogP contribution in [0, 0.1) is 0 Å². The van der Waals surface area contributed by atoms with Crippen LogP contribution in [0.5, 0.6) is 0 Å². The highest BCUT2D eigenvalue weighted by atomic mass is 16.5. The molecule has 18 heavy (non-hydrogen) atoms. The van der Waals surface area contributed by atoms with Crippen LogP contribution in [0.3, 0.4) is 0 Å². The Labute approximate surface area is 106 Å². The minimum Gasteiger partial charge on any atom is -0.349 e. The van der Waals surface area contributed by atoms with E-state index < -0.39 is 0 Å². The Hall–Kier alpha value is -1.43. The van der Waals surface area contributed by atoms with Gasteiger partial charge in [-0.1, -0.05) is 18.0 Å². The summed E-state index contributed by atoms with van der Waals surface area (Å²) in [6.45, 7) is 4.42. The fraction of sp³-hybridized carbons (Fsp3) is 0.750. The Bertz CT molecular complexity index is 431. The molecule has 1 fully saturated rings. The van der Waals surface area contributed by atoms with Crippen molar-refractivity contribution in [2.75, 3.05) is 6.54 Å². The second-order valence-corrected chi connectivity index (χ2v) is 5.05. The number of rotatable bonds is 3. The van der Waals surface area contributed by atoms with Crippen LogP contribution in [0.25, 0.3) is 0 Å². The zero-order valence-corrected chi connectivity index (χ0v) is 10.9. The van der Waals surface area contributed by atoms with Crippen LogP contribution >= 0.6 is 0 Å². The summed E-state index contributed by atoms with van der Waals surface area (Å²) >= 11 is 0. The number of nitrogens with zero attached hydrogens (tertiary/aromatic N) is 2. The second kappa shape index (κ2) is 5.06. The van der Waals surface area contributed by atoms with Gasteiger partial charge >= 0.3 is 0 Å². The first-order valence-corrected chi connectivity index (χ1v) is 6.46. The van der Waals surface area contributed by atoms with Crippen LogP contribution in [0.2, 0.25) is 0 Å². The lowest BCUT2D eigenvalue weighted by Gasteiger charge is -2.35.